The molecule has 1 amide bonds. The zero-order chi connectivity index (χ0) is 17.8. The van der Waals surface area contributed by atoms with E-state index in [1.54, 1.807) is 0 Å². The Balaban J connectivity index is 1.58. The summed E-state index contributed by atoms with van der Waals surface area (Å²) in [4.78, 5) is 18.9. The number of rotatable bonds is 5. The molecule has 0 saturated carbocycles. The normalized spacial score (nSPS) is 14.7. The van der Waals surface area contributed by atoms with E-state index in [9.17, 15) is 4.79 Å². The number of amides is 1. The number of aromatic amines is 1. The molecule has 134 valence electrons. The molecule has 0 atom stereocenters. The second kappa shape index (κ2) is 7.59. The summed E-state index contributed by atoms with van der Waals surface area (Å²) in [7, 11) is 4.08. The van der Waals surface area contributed by atoms with Gasteiger partial charge in [0, 0.05) is 57.3 Å². The molecule has 1 saturated heterocycles. The van der Waals surface area contributed by atoms with E-state index in [1.807, 2.05) is 25.1 Å². The van der Waals surface area contributed by atoms with Gasteiger partial charge in [-0.25, -0.2) is 0 Å². The molecule has 2 aromatic rings. The Labute approximate surface area is 149 Å². The average molecular weight is 341 g/mol. The van der Waals surface area contributed by atoms with E-state index in [0.29, 0.717) is 5.69 Å². The minimum Gasteiger partial charge on any atom is -0.378 e. The third-order valence-corrected chi connectivity index (χ3v) is 4.67. The van der Waals surface area contributed by atoms with Crippen LogP contribution in [0.3, 0.4) is 0 Å². The van der Waals surface area contributed by atoms with Crippen LogP contribution in [-0.2, 0) is 6.42 Å². The van der Waals surface area contributed by atoms with Gasteiger partial charge >= 0.3 is 0 Å². The summed E-state index contributed by atoms with van der Waals surface area (Å²) in [5.74, 6) is 0.0289. The number of piperazine rings is 1. The average Bonchev–Trinajstić information content (AvgIpc) is 3.10. The van der Waals surface area contributed by atoms with Gasteiger partial charge in [0.05, 0.1) is 0 Å². The summed E-state index contributed by atoms with van der Waals surface area (Å²) in [6.07, 6.45) is 1.97. The van der Waals surface area contributed by atoms with Gasteiger partial charge in [-0.1, -0.05) is 13.3 Å². The molecule has 3 rings (SSSR count). The van der Waals surface area contributed by atoms with Crippen molar-refractivity contribution in [1.29, 1.82) is 0 Å². The first kappa shape index (κ1) is 17.3. The maximum Gasteiger partial charge on any atom is 0.274 e. The fraction of sp³-hybridized carbons (Fsp3) is 0.474. The molecule has 0 aliphatic carbocycles. The number of H-pyrrole nitrogens is 1. The van der Waals surface area contributed by atoms with Crippen molar-refractivity contribution in [3.8, 4) is 0 Å². The zero-order valence-electron chi connectivity index (χ0n) is 15.3. The number of benzene rings is 1. The van der Waals surface area contributed by atoms with Gasteiger partial charge in [-0.3, -0.25) is 9.89 Å². The standard InChI is InChI=1S/C19H27N5O/c1-4-5-15-14-18(21-20-15)19(25)24-12-10-23(11-13-24)17-8-6-16(7-9-17)22(2)3/h6-9,14H,4-5,10-13H2,1-3H3,(H,20,21). The number of carbonyl (C=O) groups excluding carboxylic acids is 1. The lowest BCUT2D eigenvalue weighted by Gasteiger charge is -2.36. The summed E-state index contributed by atoms with van der Waals surface area (Å²) >= 11 is 0. The first-order valence-electron chi connectivity index (χ1n) is 8.94. The molecule has 1 aliphatic rings. The van der Waals surface area contributed by atoms with Crippen molar-refractivity contribution >= 4 is 17.3 Å². The van der Waals surface area contributed by atoms with E-state index < -0.39 is 0 Å². The number of hydrogen-bond donors (Lipinski definition) is 1. The zero-order valence-corrected chi connectivity index (χ0v) is 15.3. The van der Waals surface area contributed by atoms with Gasteiger partial charge in [-0.2, -0.15) is 5.10 Å². The van der Waals surface area contributed by atoms with E-state index in [1.165, 1.54) is 11.4 Å². The van der Waals surface area contributed by atoms with Crippen LogP contribution in [0.5, 0.6) is 0 Å². The highest BCUT2D eigenvalue weighted by Crippen LogP contribution is 2.21. The summed E-state index contributed by atoms with van der Waals surface area (Å²) in [5.41, 5.74) is 3.97. The number of aryl methyl sites for hydroxylation is 1. The van der Waals surface area contributed by atoms with Crippen LogP contribution >= 0.6 is 0 Å². The number of nitrogens with zero attached hydrogens (tertiary/aromatic N) is 4. The molecule has 6 heteroatoms. The van der Waals surface area contributed by atoms with Crippen LogP contribution in [0.1, 0.15) is 29.5 Å². The van der Waals surface area contributed by atoms with E-state index in [-0.39, 0.29) is 5.91 Å². The molecule has 25 heavy (non-hydrogen) atoms. The maximum atomic E-state index is 12.6. The van der Waals surface area contributed by atoms with Crippen LogP contribution < -0.4 is 9.80 Å². The van der Waals surface area contributed by atoms with E-state index in [0.717, 1.165) is 44.7 Å². The molecule has 1 aliphatic heterocycles. The Hall–Kier alpha value is -2.50. The summed E-state index contributed by atoms with van der Waals surface area (Å²) in [6.45, 7) is 5.26. The molecule has 0 bridgehead atoms. The highest BCUT2D eigenvalue weighted by atomic mass is 16.2. The number of hydrogen-bond acceptors (Lipinski definition) is 4. The predicted octanol–water partition coefficient (Wildman–Crippen LogP) is 2.39. The summed E-state index contributed by atoms with van der Waals surface area (Å²) in [6, 6.07) is 10.4. The second-order valence-corrected chi connectivity index (χ2v) is 6.72. The lowest BCUT2D eigenvalue weighted by atomic mass is 10.2. The van der Waals surface area contributed by atoms with Gasteiger partial charge in [-0.15, -0.1) is 0 Å². The van der Waals surface area contributed by atoms with Gasteiger partial charge < -0.3 is 14.7 Å². The smallest absolute Gasteiger partial charge is 0.274 e. The van der Waals surface area contributed by atoms with E-state index >= 15 is 0 Å². The fourth-order valence-corrected chi connectivity index (χ4v) is 3.16. The third kappa shape index (κ3) is 3.95. The second-order valence-electron chi connectivity index (χ2n) is 6.72. The van der Waals surface area contributed by atoms with Crippen LogP contribution in [-0.4, -0.2) is 61.3 Å². The minimum atomic E-state index is 0.0289. The molecule has 0 spiro atoms. The molecule has 1 aromatic carbocycles. The minimum absolute atomic E-state index is 0.0289. The number of carbonyl (C=O) groups is 1. The van der Waals surface area contributed by atoms with Crippen LogP contribution in [0.25, 0.3) is 0 Å². The molecule has 2 heterocycles. The SMILES string of the molecule is CCCc1cc(C(=O)N2CCN(c3ccc(N(C)C)cc3)CC2)n[nH]1. The molecular weight excluding hydrogens is 314 g/mol. The number of aromatic nitrogens is 2. The Morgan fingerprint density at radius 3 is 2.44 bits per heavy atom. The maximum absolute atomic E-state index is 12.6. The van der Waals surface area contributed by atoms with Crippen molar-refractivity contribution in [2.24, 2.45) is 0 Å². The van der Waals surface area contributed by atoms with Crippen molar-refractivity contribution in [2.45, 2.75) is 19.8 Å². The quantitative estimate of drug-likeness (QED) is 0.907. The molecule has 1 fully saturated rings. The molecule has 6 nitrogen and oxygen atoms in total. The lowest BCUT2D eigenvalue weighted by Crippen LogP contribution is -2.48. The number of nitrogens with one attached hydrogen (secondary N) is 1. The largest absolute Gasteiger partial charge is 0.378 e. The summed E-state index contributed by atoms with van der Waals surface area (Å²) < 4.78 is 0. The predicted molar refractivity (Wildman–Crippen MR) is 101 cm³/mol. The van der Waals surface area contributed by atoms with Crippen LogP contribution in [0, 0.1) is 0 Å². The Kier molecular flexibility index (Phi) is 5.26. The Morgan fingerprint density at radius 1 is 1.16 bits per heavy atom. The van der Waals surface area contributed by atoms with Gasteiger partial charge in [0.1, 0.15) is 5.69 Å². The molecule has 0 unspecified atom stereocenters. The van der Waals surface area contributed by atoms with Gasteiger partial charge in [0.2, 0.25) is 0 Å². The first-order valence-corrected chi connectivity index (χ1v) is 8.94. The first-order chi connectivity index (χ1) is 12.1. The van der Waals surface area contributed by atoms with E-state index in [4.69, 9.17) is 0 Å². The van der Waals surface area contributed by atoms with Crippen LogP contribution in [0.15, 0.2) is 30.3 Å². The van der Waals surface area contributed by atoms with E-state index in [2.05, 4.69) is 51.2 Å². The van der Waals surface area contributed by atoms with Crippen molar-refractivity contribution < 1.29 is 4.79 Å². The topological polar surface area (TPSA) is 55.5 Å². The molecule has 0 radical (unpaired) electrons. The number of anilines is 2. The van der Waals surface area contributed by atoms with Crippen LogP contribution in [0.2, 0.25) is 0 Å². The lowest BCUT2D eigenvalue weighted by molar-refractivity contribution is 0.0741. The Bertz CT molecular complexity index is 699. The highest BCUT2D eigenvalue weighted by molar-refractivity contribution is 5.92. The van der Waals surface area contributed by atoms with Crippen molar-refractivity contribution in [2.75, 3.05) is 50.1 Å². The molecule has 1 N–H and O–H groups in total. The molecular formula is C19H27N5O. The van der Waals surface area contributed by atoms with Crippen LogP contribution in [0.4, 0.5) is 11.4 Å². The monoisotopic (exact) mass is 341 g/mol. The van der Waals surface area contributed by atoms with Gasteiger partial charge in [0.15, 0.2) is 0 Å². The third-order valence-electron chi connectivity index (χ3n) is 4.67. The van der Waals surface area contributed by atoms with Crippen molar-refractivity contribution in [3.63, 3.8) is 0 Å². The van der Waals surface area contributed by atoms with Crippen molar-refractivity contribution in [1.82, 2.24) is 15.1 Å². The van der Waals surface area contributed by atoms with Gasteiger partial charge in [0.25, 0.3) is 5.91 Å². The summed E-state index contributed by atoms with van der Waals surface area (Å²) in [5, 5.41) is 7.14. The highest BCUT2D eigenvalue weighted by Gasteiger charge is 2.24. The molecule has 1 aromatic heterocycles. The van der Waals surface area contributed by atoms with Gasteiger partial charge in [-0.05, 0) is 36.8 Å². The fourth-order valence-electron chi connectivity index (χ4n) is 3.16. The van der Waals surface area contributed by atoms with Crippen molar-refractivity contribution in [3.05, 3.63) is 41.7 Å². The Morgan fingerprint density at radius 2 is 1.84 bits per heavy atom.